The molecule has 1 heterocycles. The van der Waals surface area contributed by atoms with Crippen LogP contribution < -0.4 is 0 Å². The zero-order valence-electron chi connectivity index (χ0n) is 9.79. The van der Waals surface area contributed by atoms with E-state index in [1.807, 2.05) is 0 Å². The van der Waals surface area contributed by atoms with Crippen LogP contribution in [-0.4, -0.2) is 54.4 Å². The highest BCUT2D eigenvalue weighted by Crippen LogP contribution is 2.30. The summed E-state index contributed by atoms with van der Waals surface area (Å²) in [5, 5.41) is 8.94. The normalized spacial score (nSPS) is 24.3. The van der Waals surface area contributed by atoms with Crippen LogP contribution in [0.25, 0.3) is 0 Å². The summed E-state index contributed by atoms with van der Waals surface area (Å²) in [6, 6.07) is 0. The lowest BCUT2D eigenvalue weighted by Gasteiger charge is -2.20. The quantitative estimate of drug-likeness (QED) is 0.823. The fourth-order valence-electron chi connectivity index (χ4n) is 1.69. The predicted octanol–water partition coefficient (Wildman–Crippen LogP) is 0.889. The van der Waals surface area contributed by atoms with Crippen LogP contribution in [0, 0.1) is 5.41 Å². The molecule has 0 aromatic rings. The predicted molar refractivity (Wildman–Crippen MR) is 53.8 cm³/mol. The number of carboxylic acid groups (broad SMARTS) is 1. The molecule has 0 aromatic heterocycles. The molecule has 1 saturated heterocycles. The Bertz CT molecular complexity index is 345. The fraction of sp³-hybridized carbons (Fsp3) is 0.800. The number of hydrogen-bond acceptors (Lipinski definition) is 3. The number of rotatable bonds is 4. The summed E-state index contributed by atoms with van der Waals surface area (Å²) in [6.07, 6.45) is -4.19. The van der Waals surface area contributed by atoms with Gasteiger partial charge in [0.25, 0.3) is 0 Å². The van der Waals surface area contributed by atoms with Gasteiger partial charge in [0.05, 0.1) is 5.41 Å². The summed E-state index contributed by atoms with van der Waals surface area (Å²) >= 11 is 0. The van der Waals surface area contributed by atoms with E-state index in [0.29, 0.717) is 0 Å². The maximum atomic E-state index is 11.8. The van der Waals surface area contributed by atoms with Crippen molar-refractivity contribution in [3.63, 3.8) is 0 Å². The maximum Gasteiger partial charge on any atom is 0.411 e. The topological polar surface area (TPSA) is 66.8 Å². The second kappa shape index (κ2) is 5.13. The van der Waals surface area contributed by atoms with Gasteiger partial charge in [0.2, 0.25) is 5.91 Å². The number of carbonyl (C=O) groups is 2. The molecule has 1 N–H and O–H groups in total. The average molecular weight is 269 g/mol. The molecule has 1 amide bonds. The largest absolute Gasteiger partial charge is 0.481 e. The van der Waals surface area contributed by atoms with E-state index >= 15 is 0 Å². The number of amides is 1. The Morgan fingerprint density at radius 3 is 2.50 bits per heavy atom. The van der Waals surface area contributed by atoms with Gasteiger partial charge < -0.3 is 14.7 Å². The number of likely N-dealkylation sites (tertiary alicyclic amines) is 1. The van der Waals surface area contributed by atoms with Crippen molar-refractivity contribution in [3.05, 3.63) is 0 Å². The van der Waals surface area contributed by atoms with Crippen molar-refractivity contribution in [3.8, 4) is 0 Å². The van der Waals surface area contributed by atoms with Crippen LogP contribution in [0.2, 0.25) is 0 Å². The summed E-state index contributed by atoms with van der Waals surface area (Å²) in [6.45, 7) is -0.454. The lowest BCUT2D eigenvalue weighted by Crippen LogP contribution is -2.37. The summed E-state index contributed by atoms with van der Waals surface area (Å²) < 4.78 is 39.6. The van der Waals surface area contributed by atoms with Gasteiger partial charge in [-0.2, -0.15) is 13.2 Å². The highest BCUT2D eigenvalue weighted by atomic mass is 19.4. The number of carboxylic acids is 1. The van der Waals surface area contributed by atoms with Gasteiger partial charge in [-0.05, 0) is 13.3 Å². The highest BCUT2D eigenvalue weighted by Gasteiger charge is 2.42. The third kappa shape index (κ3) is 3.86. The van der Waals surface area contributed by atoms with E-state index < -0.39 is 36.7 Å². The minimum Gasteiger partial charge on any atom is -0.481 e. The van der Waals surface area contributed by atoms with E-state index in [-0.39, 0.29) is 19.5 Å². The van der Waals surface area contributed by atoms with Gasteiger partial charge in [-0.1, -0.05) is 0 Å². The molecule has 8 heteroatoms. The van der Waals surface area contributed by atoms with Crippen LogP contribution in [-0.2, 0) is 14.3 Å². The van der Waals surface area contributed by atoms with Gasteiger partial charge in [0, 0.05) is 13.1 Å². The van der Waals surface area contributed by atoms with E-state index in [0.717, 1.165) is 0 Å². The zero-order valence-corrected chi connectivity index (χ0v) is 9.79. The minimum atomic E-state index is -4.47. The molecule has 0 spiro atoms. The summed E-state index contributed by atoms with van der Waals surface area (Å²) in [7, 11) is 0. The van der Waals surface area contributed by atoms with Crippen molar-refractivity contribution in [2.24, 2.45) is 5.41 Å². The first-order chi connectivity index (χ1) is 8.14. The standard InChI is InChI=1S/C10H14F3NO4/c1-9(8(16)17)2-3-14(5-9)7(15)4-18-6-10(11,12)13/h2-6H2,1H3,(H,16,17)/t9-/m0/s1. The van der Waals surface area contributed by atoms with Crippen LogP contribution in [0.5, 0.6) is 0 Å². The van der Waals surface area contributed by atoms with Crippen LogP contribution in [0.3, 0.4) is 0 Å². The number of alkyl halides is 3. The second-order valence-electron chi connectivity index (χ2n) is 4.54. The minimum absolute atomic E-state index is 0.00343. The van der Waals surface area contributed by atoms with Crippen molar-refractivity contribution in [2.45, 2.75) is 19.5 Å². The van der Waals surface area contributed by atoms with Crippen molar-refractivity contribution in [2.75, 3.05) is 26.3 Å². The summed E-state index contributed by atoms with van der Waals surface area (Å²) in [4.78, 5) is 23.6. The number of carbonyl (C=O) groups excluding carboxylic acids is 1. The Kier molecular flexibility index (Phi) is 4.20. The number of halogens is 3. The summed E-state index contributed by atoms with van der Waals surface area (Å²) in [5.74, 6) is -1.64. The molecule has 104 valence electrons. The SMILES string of the molecule is C[C@]1(C(=O)O)CCN(C(=O)COCC(F)(F)F)C1. The highest BCUT2D eigenvalue weighted by molar-refractivity contribution is 5.81. The van der Waals surface area contributed by atoms with Crippen LogP contribution in [0.1, 0.15) is 13.3 Å². The van der Waals surface area contributed by atoms with Crippen LogP contribution in [0.4, 0.5) is 13.2 Å². The Labute approximate surface area is 102 Å². The van der Waals surface area contributed by atoms with Crippen LogP contribution in [0.15, 0.2) is 0 Å². The fourth-order valence-corrected chi connectivity index (χ4v) is 1.69. The van der Waals surface area contributed by atoms with Crippen molar-refractivity contribution in [1.29, 1.82) is 0 Å². The van der Waals surface area contributed by atoms with Crippen molar-refractivity contribution in [1.82, 2.24) is 4.90 Å². The van der Waals surface area contributed by atoms with E-state index in [4.69, 9.17) is 5.11 Å². The third-order valence-electron chi connectivity index (χ3n) is 2.83. The van der Waals surface area contributed by atoms with Gasteiger partial charge in [0.15, 0.2) is 0 Å². The second-order valence-corrected chi connectivity index (χ2v) is 4.54. The molecule has 1 atom stereocenters. The van der Waals surface area contributed by atoms with Crippen molar-refractivity contribution >= 4 is 11.9 Å². The molecule has 1 rings (SSSR count). The molecule has 1 aliphatic rings. The van der Waals surface area contributed by atoms with E-state index in [9.17, 15) is 22.8 Å². The molecular formula is C10H14F3NO4. The number of nitrogens with zero attached hydrogens (tertiary/aromatic N) is 1. The zero-order chi connectivity index (χ0) is 14.0. The smallest absolute Gasteiger partial charge is 0.411 e. The molecule has 18 heavy (non-hydrogen) atoms. The number of ether oxygens (including phenoxy) is 1. The molecule has 1 aliphatic heterocycles. The molecule has 5 nitrogen and oxygen atoms in total. The first-order valence-corrected chi connectivity index (χ1v) is 5.30. The van der Waals surface area contributed by atoms with Gasteiger partial charge in [0.1, 0.15) is 13.2 Å². The van der Waals surface area contributed by atoms with Gasteiger partial charge in [-0.25, -0.2) is 0 Å². The van der Waals surface area contributed by atoms with Crippen molar-refractivity contribution < 1.29 is 32.6 Å². The van der Waals surface area contributed by atoms with Gasteiger partial charge in [-0.3, -0.25) is 9.59 Å². The molecule has 0 aromatic carbocycles. The lowest BCUT2D eigenvalue weighted by atomic mass is 9.90. The molecule has 0 aliphatic carbocycles. The Morgan fingerprint density at radius 2 is 2.06 bits per heavy atom. The summed E-state index contributed by atoms with van der Waals surface area (Å²) in [5.41, 5.74) is -1.03. The molecule has 0 radical (unpaired) electrons. The molecule has 0 unspecified atom stereocenters. The van der Waals surface area contributed by atoms with E-state index in [1.165, 1.54) is 11.8 Å². The first-order valence-electron chi connectivity index (χ1n) is 5.30. The molecule has 0 bridgehead atoms. The van der Waals surface area contributed by atoms with E-state index in [1.54, 1.807) is 0 Å². The maximum absolute atomic E-state index is 11.8. The van der Waals surface area contributed by atoms with Gasteiger partial charge >= 0.3 is 12.1 Å². The molecule has 0 saturated carbocycles. The molecular weight excluding hydrogens is 255 g/mol. The average Bonchev–Trinajstić information content (AvgIpc) is 2.60. The Balaban J connectivity index is 2.39. The number of aliphatic carboxylic acids is 1. The lowest BCUT2D eigenvalue weighted by molar-refractivity contribution is -0.177. The third-order valence-corrected chi connectivity index (χ3v) is 2.83. The Morgan fingerprint density at radius 1 is 1.44 bits per heavy atom. The first kappa shape index (κ1) is 14.7. The van der Waals surface area contributed by atoms with Crippen LogP contribution >= 0.6 is 0 Å². The van der Waals surface area contributed by atoms with Gasteiger partial charge in [-0.15, -0.1) is 0 Å². The molecule has 1 fully saturated rings. The Hall–Kier alpha value is -1.31. The number of hydrogen-bond donors (Lipinski definition) is 1. The van der Waals surface area contributed by atoms with E-state index in [2.05, 4.69) is 4.74 Å². The monoisotopic (exact) mass is 269 g/mol.